The van der Waals surface area contributed by atoms with E-state index in [0.717, 1.165) is 11.8 Å². The van der Waals surface area contributed by atoms with E-state index in [0.29, 0.717) is 62.9 Å². The summed E-state index contributed by atoms with van der Waals surface area (Å²) in [5.41, 5.74) is 0.835. The Kier molecular flexibility index (Phi) is 6.37. The van der Waals surface area contributed by atoms with Gasteiger partial charge in [0.15, 0.2) is 27.5 Å². The van der Waals surface area contributed by atoms with Gasteiger partial charge in [-0.3, -0.25) is 4.79 Å². The second-order valence-corrected chi connectivity index (χ2v) is 10.9. The highest BCUT2D eigenvalue weighted by Gasteiger charge is 2.39. The molecule has 2 fully saturated rings. The van der Waals surface area contributed by atoms with Crippen molar-refractivity contribution in [1.82, 2.24) is 15.0 Å². The molecule has 0 unspecified atom stereocenters. The van der Waals surface area contributed by atoms with E-state index >= 15 is 0 Å². The maximum Gasteiger partial charge on any atom is 0.266 e. The van der Waals surface area contributed by atoms with Crippen LogP contribution in [-0.2, 0) is 14.6 Å². The van der Waals surface area contributed by atoms with Gasteiger partial charge in [-0.2, -0.15) is 4.98 Å². The smallest absolute Gasteiger partial charge is 0.266 e. The van der Waals surface area contributed by atoms with Crippen molar-refractivity contribution < 1.29 is 31.3 Å². The van der Waals surface area contributed by atoms with Gasteiger partial charge in [-0.25, -0.2) is 17.2 Å². The lowest BCUT2D eigenvalue weighted by molar-refractivity contribution is -0.135. The van der Waals surface area contributed by atoms with Crippen LogP contribution in [-0.4, -0.2) is 67.4 Å². The number of carbonyl (C=O) groups is 1. The normalized spacial score (nSPS) is 19.2. The molecule has 12 heteroatoms. The number of halogens is 2. The quantitative estimate of drug-likeness (QED) is 0.490. The van der Waals surface area contributed by atoms with Gasteiger partial charge in [0.1, 0.15) is 10.7 Å². The summed E-state index contributed by atoms with van der Waals surface area (Å²) in [6.07, 6.45) is 1.50. The summed E-state index contributed by atoms with van der Waals surface area (Å²) in [5, 5.41) is 4.08. The molecule has 1 amide bonds. The molecule has 2 saturated heterocycles. The number of aromatic nitrogens is 2. The first-order valence-corrected chi connectivity index (χ1v) is 13.4. The summed E-state index contributed by atoms with van der Waals surface area (Å²) < 4.78 is 62.6. The molecule has 2 aromatic carbocycles. The minimum Gasteiger partial charge on any atom is -0.477 e. The summed E-state index contributed by atoms with van der Waals surface area (Å²) in [6.45, 7) is 1.68. The molecule has 3 aromatic rings. The van der Waals surface area contributed by atoms with Crippen LogP contribution in [0.5, 0.6) is 5.75 Å². The molecule has 2 aliphatic rings. The third-order valence-corrected chi connectivity index (χ3v) is 7.58. The van der Waals surface area contributed by atoms with Crippen molar-refractivity contribution in [2.24, 2.45) is 0 Å². The third kappa shape index (κ3) is 4.77. The fourth-order valence-electron chi connectivity index (χ4n) is 4.60. The SMILES string of the molecule is CS(=O)(=O)c1cc(F)c(O[C@H]2CCN(C3CCN(c4noc(-c5ccccc5)n4)CC3)C2=O)cc1F. The Bertz CT molecular complexity index is 1370. The highest BCUT2D eigenvalue weighted by atomic mass is 32.2. The van der Waals surface area contributed by atoms with Crippen molar-refractivity contribution in [3.05, 3.63) is 54.1 Å². The van der Waals surface area contributed by atoms with E-state index < -0.39 is 38.2 Å². The molecule has 2 aliphatic heterocycles. The van der Waals surface area contributed by atoms with Crippen LogP contribution in [0.2, 0.25) is 0 Å². The number of ether oxygens (including phenoxy) is 1. The van der Waals surface area contributed by atoms with Crippen LogP contribution >= 0.6 is 0 Å². The van der Waals surface area contributed by atoms with Gasteiger partial charge in [0, 0.05) is 50.0 Å². The van der Waals surface area contributed by atoms with Crippen molar-refractivity contribution in [2.45, 2.75) is 36.3 Å². The molecule has 9 nitrogen and oxygen atoms in total. The van der Waals surface area contributed by atoms with Crippen molar-refractivity contribution in [3.63, 3.8) is 0 Å². The van der Waals surface area contributed by atoms with Crippen molar-refractivity contribution in [2.75, 3.05) is 30.8 Å². The molecule has 190 valence electrons. The van der Waals surface area contributed by atoms with Crippen LogP contribution in [0.4, 0.5) is 14.7 Å². The zero-order valence-corrected chi connectivity index (χ0v) is 20.2. The van der Waals surface area contributed by atoms with Crippen LogP contribution in [0.1, 0.15) is 19.3 Å². The molecule has 1 aromatic heterocycles. The standard InChI is InChI=1S/C24H24F2N4O5S/c1-36(32,33)21-14-17(25)20(13-18(21)26)34-19-9-12-30(23(19)31)16-7-10-29(11-8-16)24-27-22(35-28-24)15-5-3-2-4-6-15/h2-6,13-14,16,19H,7-12H2,1H3/t19-/m0/s1. The Hall–Kier alpha value is -3.54. The fourth-order valence-corrected chi connectivity index (χ4v) is 5.34. The predicted octanol–water partition coefficient (Wildman–Crippen LogP) is 3.07. The second kappa shape index (κ2) is 9.49. The average molecular weight is 519 g/mol. The number of piperidine rings is 1. The highest BCUT2D eigenvalue weighted by Crippen LogP contribution is 2.30. The van der Waals surface area contributed by atoms with E-state index in [-0.39, 0.29) is 11.9 Å². The van der Waals surface area contributed by atoms with E-state index in [2.05, 4.69) is 10.1 Å². The number of amides is 1. The lowest BCUT2D eigenvalue weighted by Gasteiger charge is -2.36. The summed E-state index contributed by atoms with van der Waals surface area (Å²) in [4.78, 5) is 20.4. The van der Waals surface area contributed by atoms with Crippen LogP contribution in [0, 0.1) is 11.6 Å². The zero-order valence-electron chi connectivity index (χ0n) is 19.4. The van der Waals surface area contributed by atoms with Gasteiger partial charge < -0.3 is 19.1 Å². The van der Waals surface area contributed by atoms with E-state index in [4.69, 9.17) is 9.26 Å². The number of likely N-dealkylation sites (tertiary alicyclic amines) is 1. The zero-order chi connectivity index (χ0) is 25.4. The Labute approximate surface area is 206 Å². The summed E-state index contributed by atoms with van der Waals surface area (Å²) in [7, 11) is -3.94. The fraction of sp³-hybridized carbons (Fsp3) is 0.375. The Morgan fingerprint density at radius 2 is 1.75 bits per heavy atom. The van der Waals surface area contributed by atoms with Crippen LogP contribution in [0.15, 0.2) is 51.9 Å². The molecule has 0 spiro atoms. The van der Waals surface area contributed by atoms with Crippen LogP contribution in [0.25, 0.3) is 11.5 Å². The third-order valence-electron chi connectivity index (χ3n) is 6.47. The minimum atomic E-state index is -3.94. The predicted molar refractivity (Wildman–Crippen MR) is 125 cm³/mol. The topological polar surface area (TPSA) is 106 Å². The molecule has 0 saturated carbocycles. The van der Waals surface area contributed by atoms with Gasteiger partial charge in [0.2, 0.25) is 0 Å². The molecular formula is C24H24F2N4O5S. The second-order valence-electron chi connectivity index (χ2n) is 8.90. The Balaban J connectivity index is 1.20. The van der Waals surface area contributed by atoms with Gasteiger partial charge in [-0.15, -0.1) is 0 Å². The van der Waals surface area contributed by atoms with E-state index in [1.54, 1.807) is 4.90 Å². The summed E-state index contributed by atoms with van der Waals surface area (Å²) in [5.74, 6) is -2.01. The lowest BCUT2D eigenvalue weighted by Crippen LogP contribution is -2.47. The van der Waals surface area contributed by atoms with Crippen LogP contribution in [0.3, 0.4) is 0 Å². The summed E-state index contributed by atoms with van der Waals surface area (Å²) in [6, 6.07) is 10.7. The van der Waals surface area contributed by atoms with Gasteiger partial charge in [0.05, 0.1) is 0 Å². The first-order chi connectivity index (χ1) is 17.2. The number of carbonyl (C=O) groups excluding carboxylic acids is 1. The van der Waals surface area contributed by atoms with Crippen molar-refractivity contribution >= 4 is 21.7 Å². The maximum atomic E-state index is 14.4. The Morgan fingerprint density at radius 1 is 1.03 bits per heavy atom. The molecule has 0 aliphatic carbocycles. The first kappa shape index (κ1) is 24.2. The van der Waals surface area contributed by atoms with Gasteiger partial charge >= 0.3 is 0 Å². The summed E-state index contributed by atoms with van der Waals surface area (Å²) >= 11 is 0. The van der Waals surface area contributed by atoms with E-state index in [9.17, 15) is 22.0 Å². The van der Waals surface area contributed by atoms with Crippen molar-refractivity contribution in [1.29, 1.82) is 0 Å². The van der Waals surface area contributed by atoms with E-state index in [1.165, 1.54) is 0 Å². The number of hydrogen-bond acceptors (Lipinski definition) is 8. The molecule has 0 bridgehead atoms. The molecule has 36 heavy (non-hydrogen) atoms. The van der Waals surface area contributed by atoms with Crippen molar-refractivity contribution in [3.8, 4) is 17.2 Å². The number of rotatable bonds is 6. The molecular weight excluding hydrogens is 494 g/mol. The van der Waals surface area contributed by atoms with Gasteiger partial charge in [-0.05, 0) is 36.2 Å². The minimum absolute atomic E-state index is 0.0305. The number of sulfone groups is 1. The molecule has 0 N–H and O–H groups in total. The van der Waals surface area contributed by atoms with Crippen LogP contribution < -0.4 is 9.64 Å². The molecule has 5 rings (SSSR count). The largest absolute Gasteiger partial charge is 0.477 e. The number of hydrogen-bond donors (Lipinski definition) is 0. The Morgan fingerprint density at radius 3 is 2.44 bits per heavy atom. The van der Waals surface area contributed by atoms with Gasteiger partial charge in [-0.1, -0.05) is 18.2 Å². The van der Waals surface area contributed by atoms with Gasteiger partial charge in [0.25, 0.3) is 17.7 Å². The molecule has 3 heterocycles. The number of nitrogens with zero attached hydrogens (tertiary/aromatic N) is 4. The molecule has 0 radical (unpaired) electrons. The highest BCUT2D eigenvalue weighted by molar-refractivity contribution is 7.90. The lowest BCUT2D eigenvalue weighted by atomic mass is 10.0. The van der Waals surface area contributed by atoms with E-state index in [1.807, 2.05) is 35.2 Å². The first-order valence-electron chi connectivity index (χ1n) is 11.5. The maximum absolute atomic E-state index is 14.4. The molecule has 1 atom stereocenters. The average Bonchev–Trinajstić information content (AvgIpc) is 3.49. The number of anilines is 1. The number of benzene rings is 2. The monoisotopic (exact) mass is 518 g/mol.